The second-order valence-electron chi connectivity index (χ2n) is 7.49. The van der Waals surface area contributed by atoms with E-state index in [1.807, 2.05) is 0 Å². The molecule has 0 aromatic heterocycles. The predicted molar refractivity (Wildman–Crippen MR) is 112 cm³/mol. The molecule has 0 radical (unpaired) electrons. The Morgan fingerprint density at radius 2 is 1.48 bits per heavy atom. The summed E-state index contributed by atoms with van der Waals surface area (Å²) in [5.74, 6) is 0.202. The molecule has 0 spiro atoms. The van der Waals surface area contributed by atoms with Crippen LogP contribution >= 0.6 is 0 Å². The largest absolute Gasteiger partial charge is 0.324 e. The van der Waals surface area contributed by atoms with E-state index in [1.165, 1.54) is 27.8 Å². The number of allylic oxidation sites excluding steroid dienone is 8. The van der Waals surface area contributed by atoms with E-state index in [2.05, 4.69) is 103 Å². The van der Waals surface area contributed by atoms with E-state index in [9.17, 15) is 0 Å². The standard InChI is InChI=1S/C26H23N/c27-24-18-10-16-22-21-15-8-3-9-17-23(21)26(25(22)24,19-11-4-1-5-12-19)20-13-6-2-7-14-20/h1-14,16-18,24-25H,15,27H2. The van der Waals surface area contributed by atoms with Gasteiger partial charge in [0.1, 0.15) is 0 Å². The van der Waals surface area contributed by atoms with Crippen molar-refractivity contribution in [3.8, 4) is 0 Å². The monoisotopic (exact) mass is 349 g/mol. The highest BCUT2D eigenvalue weighted by molar-refractivity contribution is 5.68. The lowest BCUT2D eigenvalue weighted by molar-refractivity contribution is 0.413. The molecule has 0 aliphatic heterocycles. The Hall–Kier alpha value is -2.90. The molecule has 2 atom stereocenters. The Bertz CT molecular complexity index is 963. The number of benzene rings is 2. The molecule has 5 rings (SSSR count). The summed E-state index contributed by atoms with van der Waals surface area (Å²) in [5.41, 5.74) is 13.3. The number of fused-ring (bicyclic) bond motifs is 2. The smallest absolute Gasteiger partial charge is 0.0540 e. The van der Waals surface area contributed by atoms with Gasteiger partial charge >= 0.3 is 0 Å². The van der Waals surface area contributed by atoms with Gasteiger partial charge in [-0.15, -0.1) is 0 Å². The van der Waals surface area contributed by atoms with Crippen LogP contribution in [0.3, 0.4) is 0 Å². The van der Waals surface area contributed by atoms with Crippen molar-refractivity contribution < 1.29 is 0 Å². The molecule has 2 aromatic carbocycles. The quantitative estimate of drug-likeness (QED) is 0.788. The molecule has 132 valence electrons. The van der Waals surface area contributed by atoms with Crippen LogP contribution in [0.1, 0.15) is 17.5 Å². The molecule has 27 heavy (non-hydrogen) atoms. The third-order valence-electron chi connectivity index (χ3n) is 6.18. The summed E-state index contributed by atoms with van der Waals surface area (Å²) in [6, 6.07) is 21.8. The van der Waals surface area contributed by atoms with Gasteiger partial charge in [0.15, 0.2) is 0 Å². The summed E-state index contributed by atoms with van der Waals surface area (Å²) in [6.45, 7) is 0. The minimum atomic E-state index is -0.267. The first kappa shape index (κ1) is 16.3. The van der Waals surface area contributed by atoms with Crippen LogP contribution in [0, 0.1) is 5.92 Å². The van der Waals surface area contributed by atoms with Crippen molar-refractivity contribution in [1.29, 1.82) is 0 Å². The first-order valence-electron chi connectivity index (χ1n) is 9.65. The molecular formula is C26H23N. The number of hydrogen-bond acceptors (Lipinski definition) is 1. The van der Waals surface area contributed by atoms with Gasteiger partial charge in [-0.25, -0.2) is 0 Å². The van der Waals surface area contributed by atoms with Crippen molar-refractivity contribution in [3.63, 3.8) is 0 Å². The average molecular weight is 349 g/mol. The molecule has 2 unspecified atom stereocenters. The van der Waals surface area contributed by atoms with Gasteiger partial charge < -0.3 is 5.73 Å². The highest BCUT2D eigenvalue weighted by Crippen LogP contribution is 2.59. The molecule has 0 saturated heterocycles. The third-order valence-corrected chi connectivity index (χ3v) is 6.18. The second kappa shape index (κ2) is 6.37. The molecule has 0 amide bonds. The third kappa shape index (κ3) is 2.28. The fourth-order valence-electron chi connectivity index (χ4n) is 5.20. The Morgan fingerprint density at radius 3 is 2.15 bits per heavy atom. The zero-order chi connectivity index (χ0) is 18.3. The molecule has 0 bridgehead atoms. The van der Waals surface area contributed by atoms with E-state index in [-0.39, 0.29) is 17.4 Å². The normalized spacial score (nSPS) is 25.0. The minimum absolute atomic E-state index is 0.0188. The lowest BCUT2D eigenvalue weighted by Crippen LogP contribution is -2.45. The van der Waals surface area contributed by atoms with Gasteiger partial charge in [0.05, 0.1) is 5.41 Å². The highest BCUT2D eigenvalue weighted by atomic mass is 14.7. The Balaban J connectivity index is 1.90. The molecule has 3 aliphatic rings. The molecule has 2 N–H and O–H groups in total. The van der Waals surface area contributed by atoms with Crippen LogP contribution in [0.4, 0.5) is 0 Å². The molecule has 0 saturated carbocycles. The van der Waals surface area contributed by atoms with E-state index in [0.29, 0.717) is 0 Å². The first-order chi connectivity index (χ1) is 13.3. The molecule has 0 fully saturated rings. The SMILES string of the molecule is NC1C=CC=C2C3=C(C=CC=CC3)C(c3ccccc3)(c3ccccc3)C21. The van der Waals surface area contributed by atoms with Crippen molar-refractivity contribution in [2.24, 2.45) is 11.7 Å². The molecule has 3 aliphatic carbocycles. The first-order valence-corrected chi connectivity index (χ1v) is 9.65. The molecule has 1 nitrogen and oxygen atoms in total. The van der Waals surface area contributed by atoms with Gasteiger partial charge in [0, 0.05) is 12.0 Å². The van der Waals surface area contributed by atoms with E-state index in [1.54, 1.807) is 0 Å². The lowest BCUT2D eigenvalue weighted by Gasteiger charge is -2.42. The van der Waals surface area contributed by atoms with E-state index in [4.69, 9.17) is 5.73 Å². The summed E-state index contributed by atoms with van der Waals surface area (Å²) in [5, 5.41) is 0. The van der Waals surface area contributed by atoms with E-state index < -0.39 is 0 Å². The molecule has 1 heteroatoms. The number of rotatable bonds is 2. The summed E-state index contributed by atoms with van der Waals surface area (Å²) >= 11 is 0. The maximum atomic E-state index is 6.77. The summed E-state index contributed by atoms with van der Waals surface area (Å²) < 4.78 is 0. The fraction of sp³-hybridized carbons (Fsp3) is 0.154. The van der Waals surface area contributed by atoms with E-state index >= 15 is 0 Å². The van der Waals surface area contributed by atoms with Crippen LogP contribution in [-0.2, 0) is 5.41 Å². The van der Waals surface area contributed by atoms with Crippen LogP contribution < -0.4 is 5.73 Å². The topological polar surface area (TPSA) is 26.0 Å². The van der Waals surface area contributed by atoms with Crippen LogP contribution in [0.5, 0.6) is 0 Å². The maximum absolute atomic E-state index is 6.77. The Labute approximate surface area is 160 Å². The minimum Gasteiger partial charge on any atom is -0.324 e. The van der Waals surface area contributed by atoms with Crippen molar-refractivity contribution in [3.05, 3.63) is 131 Å². The zero-order valence-corrected chi connectivity index (χ0v) is 15.3. The van der Waals surface area contributed by atoms with Gasteiger partial charge in [-0.2, -0.15) is 0 Å². The summed E-state index contributed by atoms with van der Waals surface area (Å²) in [6.07, 6.45) is 16.4. The number of nitrogens with two attached hydrogens (primary N) is 1. The van der Waals surface area contributed by atoms with Gasteiger partial charge in [-0.3, -0.25) is 0 Å². The van der Waals surface area contributed by atoms with Gasteiger partial charge in [0.25, 0.3) is 0 Å². The van der Waals surface area contributed by atoms with Crippen molar-refractivity contribution in [2.75, 3.05) is 0 Å². The van der Waals surface area contributed by atoms with Gasteiger partial charge in [-0.1, -0.05) is 103 Å². The van der Waals surface area contributed by atoms with Gasteiger partial charge in [0.2, 0.25) is 0 Å². The van der Waals surface area contributed by atoms with Gasteiger partial charge in [-0.05, 0) is 34.3 Å². The average Bonchev–Trinajstić information content (AvgIpc) is 2.85. The fourth-order valence-corrected chi connectivity index (χ4v) is 5.20. The summed E-state index contributed by atoms with van der Waals surface area (Å²) in [4.78, 5) is 0. The molecule has 0 heterocycles. The van der Waals surface area contributed by atoms with Crippen LogP contribution in [0.2, 0.25) is 0 Å². The zero-order valence-electron chi connectivity index (χ0n) is 15.3. The lowest BCUT2D eigenvalue weighted by atomic mass is 9.61. The Morgan fingerprint density at radius 1 is 0.815 bits per heavy atom. The van der Waals surface area contributed by atoms with E-state index in [0.717, 1.165) is 6.42 Å². The van der Waals surface area contributed by atoms with Crippen molar-refractivity contribution in [2.45, 2.75) is 17.9 Å². The second-order valence-corrected chi connectivity index (χ2v) is 7.49. The Kier molecular flexibility index (Phi) is 3.84. The van der Waals surface area contributed by atoms with Crippen molar-refractivity contribution >= 4 is 0 Å². The van der Waals surface area contributed by atoms with Crippen LogP contribution in [0.15, 0.2) is 120 Å². The van der Waals surface area contributed by atoms with Crippen LogP contribution in [0.25, 0.3) is 0 Å². The summed E-state index contributed by atoms with van der Waals surface area (Å²) in [7, 11) is 0. The maximum Gasteiger partial charge on any atom is 0.0540 e. The molecule has 2 aromatic rings. The predicted octanol–water partition coefficient (Wildman–Crippen LogP) is 5.24. The van der Waals surface area contributed by atoms with Crippen molar-refractivity contribution in [1.82, 2.24) is 0 Å². The highest BCUT2D eigenvalue weighted by Gasteiger charge is 2.54. The molecular weight excluding hydrogens is 326 g/mol. The van der Waals surface area contributed by atoms with Crippen LogP contribution in [-0.4, -0.2) is 6.04 Å². The number of hydrogen-bond donors (Lipinski definition) is 1.